The zero-order chi connectivity index (χ0) is 12.1. The van der Waals surface area contributed by atoms with Crippen molar-refractivity contribution in [3.8, 4) is 0 Å². The van der Waals surface area contributed by atoms with Crippen LogP contribution in [0.3, 0.4) is 0 Å². The van der Waals surface area contributed by atoms with Crippen LogP contribution in [0.2, 0.25) is 0 Å². The third-order valence-corrected chi connectivity index (χ3v) is 3.40. The summed E-state index contributed by atoms with van der Waals surface area (Å²) >= 11 is 0. The van der Waals surface area contributed by atoms with E-state index in [9.17, 15) is 4.39 Å². The van der Waals surface area contributed by atoms with E-state index in [0.717, 1.165) is 38.2 Å². The Labute approximate surface area is 102 Å². The van der Waals surface area contributed by atoms with E-state index in [4.69, 9.17) is 4.74 Å². The number of ether oxygens (including phenoxy) is 1. The van der Waals surface area contributed by atoms with Crippen molar-refractivity contribution in [2.45, 2.75) is 25.8 Å². The quantitative estimate of drug-likeness (QED) is 0.869. The maximum Gasteiger partial charge on any atom is 0.123 e. The Balaban J connectivity index is 1.82. The van der Waals surface area contributed by atoms with Crippen LogP contribution in [0.1, 0.15) is 31.4 Å². The molecule has 1 atom stereocenters. The van der Waals surface area contributed by atoms with Gasteiger partial charge in [0.05, 0.1) is 0 Å². The summed E-state index contributed by atoms with van der Waals surface area (Å²) in [5.74, 6) is 0.530. The van der Waals surface area contributed by atoms with Crippen LogP contribution in [-0.2, 0) is 4.74 Å². The number of rotatable bonds is 4. The molecule has 0 spiro atoms. The van der Waals surface area contributed by atoms with Crippen LogP contribution in [0.15, 0.2) is 24.3 Å². The zero-order valence-corrected chi connectivity index (χ0v) is 10.3. The molecular weight excluding hydrogens is 217 g/mol. The largest absolute Gasteiger partial charge is 0.381 e. The lowest BCUT2D eigenvalue weighted by atomic mass is 9.99. The van der Waals surface area contributed by atoms with Crippen molar-refractivity contribution in [2.75, 3.05) is 19.8 Å². The Morgan fingerprint density at radius 1 is 1.41 bits per heavy atom. The van der Waals surface area contributed by atoms with Crippen molar-refractivity contribution in [2.24, 2.45) is 5.92 Å². The first kappa shape index (κ1) is 12.5. The van der Waals surface area contributed by atoms with Gasteiger partial charge in [-0.1, -0.05) is 12.1 Å². The first-order chi connectivity index (χ1) is 8.25. The van der Waals surface area contributed by atoms with Gasteiger partial charge in [-0.2, -0.15) is 0 Å². The van der Waals surface area contributed by atoms with Gasteiger partial charge in [-0.15, -0.1) is 0 Å². The van der Waals surface area contributed by atoms with E-state index in [1.165, 1.54) is 6.07 Å². The van der Waals surface area contributed by atoms with Gasteiger partial charge in [-0.3, -0.25) is 0 Å². The molecule has 1 heterocycles. The van der Waals surface area contributed by atoms with E-state index in [0.29, 0.717) is 5.92 Å². The molecule has 0 saturated carbocycles. The van der Waals surface area contributed by atoms with Gasteiger partial charge in [-0.05, 0) is 49.9 Å². The molecule has 1 aromatic rings. The molecule has 0 aliphatic carbocycles. The average Bonchev–Trinajstić information content (AvgIpc) is 2.37. The molecule has 2 nitrogen and oxygen atoms in total. The van der Waals surface area contributed by atoms with E-state index in [1.54, 1.807) is 12.1 Å². The Kier molecular flexibility index (Phi) is 4.51. The number of hydrogen-bond donors (Lipinski definition) is 1. The fraction of sp³-hybridized carbons (Fsp3) is 0.571. The lowest BCUT2D eigenvalue weighted by molar-refractivity contribution is 0.0656. The molecule has 94 valence electrons. The summed E-state index contributed by atoms with van der Waals surface area (Å²) in [4.78, 5) is 0. The second-order valence-corrected chi connectivity index (χ2v) is 4.74. The molecule has 1 N–H and O–H groups in total. The van der Waals surface area contributed by atoms with Gasteiger partial charge >= 0.3 is 0 Å². The summed E-state index contributed by atoms with van der Waals surface area (Å²) in [5.41, 5.74) is 1.01. The molecule has 3 heteroatoms. The van der Waals surface area contributed by atoms with Crippen molar-refractivity contribution in [3.63, 3.8) is 0 Å². The van der Waals surface area contributed by atoms with E-state index < -0.39 is 0 Å². The van der Waals surface area contributed by atoms with Crippen molar-refractivity contribution < 1.29 is 9.13 Å². The Bertz CT molecular complexity index is 350. The molecule has 0 unspecified atom stereocenters. The summed E-state index contributed by atoms with van der Waals surface area (Å²) in [6, 6.07) is 7.01. The van der Waals surface area contributed by atoms with Gasteiger partial charge in [-0.25, -0.2) is 4.39 Å². The minimum atomic E-state index is -0.165. The standard InChI is InChI=1S/C14H20FNO/c1-11(13-3-2-4-14(15)9-13)16-10-12-5-7-17-8-6-12/h2-4,9,11-12,16H,5-8,10H2,1H3/t11-/m0/s1. The first-order valence-electron chi connectivity index (χ1n) is 6.32. The highest BCUT2D eigenvalue weighted by molar-refractivity contribution is 5.19. The highest BCUT2D eigenvalue weighted by Gasteiger charge is 2.15. The lowest BCUT2D eigenvalue weighted by Gasteiger charge is -2.24. The number of nitrogens with one attached hydrogen (secondary N) is 1. The second-order valence-electron chi connectivity index (χ2n) is 4.74. The van der Waals surface area contributed by atoms with Crippen molar-refractivity contribution in [1.82, 2.24) is 5.32 Å². The van der Waals surface area contributed by atoms with Crippen molar-refractivity contribution in [3.05, 3.63) is 35.6 Å². The highest BCUT2D eigenvalue weighted by Crippen LogP contribution is 2.17. The van der Waals surface area contributed by atoms with Gasteiger partial charge in [0.1, 0.15) is 5.82 Å². The van der Waals surface area contributed by atoms with E-state index >= 15 is 0 Å². The lowest BCUT2D eigenvalue weighted by Crippen LogP contribution is -2.29. The van der Waals surface area contributed by atoms with Crippen LogP contribution in [0.25, 0.3) is 0 Å². The van der Waals surface area contributed by atoms with E-state index in [-0.39, 0.29) is 11.9 Å². The zero-order valence-electron chi connectivity index (χ0n) is 10.3. The van der Waals surface area contributed by atoms with Crippen LogP contribution in [0, 0.1) is 11.7 Å². The minimum Gasteiger partial charge on any atom is -0.381 e. The highest BCUT2D eigenvalue weighted by atomic mass is 19.1. The summed E-state index contributed by atoms with van der Waals surface area (Å²) in [6.07, 6.45) is 2.26. The SMILES string of the molecule is C[C@H](NCC1CCOCC1)c1cccc(F)c1. The summed E-state index contributed by atoms with van der Waals surface area (Å²) in [5, 5.41) is 3.47. The monoisotopic (exact) mass is 237 g/mol. The van der Waals surface area contributed by atoms with Crippen LogP contribution in [0.4, 0.5) is 4.39 Å². The van der Waals surface area contributed by atoms with E-state index in [1.807, 2.05) is 6.07 Å². The number of halogens is 1. The Hall–Kier alpha value is -0.930. The third kappa shape index (κ3) is 3.79. The average molecular weight is 237 g/mol. The van der Waals surface area contributed by atoms with Crippen LogP contribution < -0.4 is 5.32 Å². The van der Waals surface area contributed by atoms with Gasteiger partial charge < -0.3 is 10.1 Å². The van der Waals surface area contributed by atoms with Gasteiger partial charge in [0.15, 0.2) is 0 Å². The van der Waals surface area contributed by atoms with Gasteiger partial charge in [0.25, 0.3) is 0 Å². The van der Waals surface area contributed by atoms with Crippen LogP contribution >= 0.6 is 0 Å². The molecule has 0 amide bonds. The van der Waals surface area contributed by atoms with Crippen LogP contribution in [0.5, 0.6) is 0 Å². The first-order valence-corrected chi connectivity index (χ1v) is 6.32. The molecule has 0 bridgehead atoms. The number of hydrogen-bond acceptors (Lipinski definition) is 2. The fourth-order valence-electron chi connectivity index (χ4n) is 2.19. The predicted octanol–water partition coefficient (Wildman–Crippen LogP) is 2.90. The summed E-state index contributed by atoms with van der Waals surface area (Å²) < 4.78 is 18.4. The van der Waals surface area contributed by atoms with Crippen molar-refractivity contribution >= 4 is 0 Å². The topological polar surface area (TPSA) is 21.3 Å². The minimum absolute atomic E-state index is 0.165. The maximum absolute atomic E-state index is 13.1. The van der Waals surface area contributed by atoms with Gasteiger partial charge in [0, 0.05) is 19.3 Å². The van der Waals surface area contributed by atoms with Crippen molar-refractivity contribution in [1.29, 1.82) is 0 Å². The molecule has 0 radical (unpaired) electrons. The predicted molar refractivity (Wildman–Crippen MR) is 66.4 cm³/mol. The van der Waals surface area contributed by atoms with E-state index in [2.05, 4.69) is 12.2 Å². The molecule has 0 aromatic heterocycles. The molecule has 1 fully saturated rings. The number of benzene rings is 1. The van der Waals surface area contributed by atoms with Crippen LogP contribution in [-0.4, -0.2) is 19.8 Å². The summed E-state index contributed by atoms with van der Waals surface area (Å²) in [6.45, 7) is 4.82. The third-order valence-electron chi connectivity index (χ3n) is 3.40. The molecule has 17 heavy (non-hydrogen) atoms. The fourth-order valence-corrected chi connectivity index (χ4v) is 2.19. The molecule has 1 aliphatic rings. The Morgan fingerprint density at radius 3 is 2.88 bits per heavy atom. The molecule has 1 aliphatic heterocycles. The normalized spacial score (nSPS) is 19.2. The second kappa shape index (κ2) is 6.12. The molecule has 1 aromatic carbocycles. The Morgan fingerprint density at radius 2 is 2.18 bits per heavy atom. The van der Waals surface area contributed by atoms with Gasteiger partial charge in [0.2, 0.25) is 0 Å². The maximum atomic E-state index is 13.1. The molecule has 2 rings (SSSR count). The molecule has 1 saturated heterocycles. The summed E-state index contributed by atoms with van der Waals surface area (Å²) in [7, 11) is 0. The molecular formula is C14H20FNO. The smallest absolute Gasteiger partial charge is 0.123 e.